The summed E-state index contributed by atoms with van der Waals surface area (Å²) in [5, 5.41) is 0. The molecule has 0 atom stereocenters. The lowest BCUT2D eigenvalue weighted by molar-refractivity contribution is -0.127. The second-order valence-corrected chi connectivity index (χ2v) is 7.39. The van der Waals surface area contributed by atoms with Crippen LogP contribution in [0.5, 0.6) is 0 Å². The van der Waals surface area contributed by atoms with Crippen molar-refractivity contribution in [3.8, 4) is 11.5 Å². The van der Waals surface area contributed by atoms with Gasteiger partial charge >= 0.3 is 0 Å². The van der Waals surface area contributed by atoms with Crippen molar-refractivity contribution in [2.24, 2.45) is 5.41 Å². The van der Waals surface area contributed by atoms with Crippen molar-refractivity contribution < 1.29 is 9.59 Å². The van der Waals surface area contributed by atoms with Gasteiger partial charge in [-0.2, -0.15) is 0 Å². The molecule has 2 fully saturated rings. The topological polar surface area (TPSA) is 79.3 Å². The number of nitrogens with zero attached hydrogens (tertiary/aromatic N) is 5. The van der Waals surface area contributed by atoms with Crippen LogP contribution in [0.3, 0.4) is 0 Å². The van der Waals surface area contributed by atoms with Crippen LogP contribution in [0.1, 0.15) is 36.5 Å². The SMILES string of the molecule is CCN1CC2(CCN(C(=O)c3cnc(-c4ccccn4)nc3)CC2)CC1=O. The highest BCUT2D eigenvalue weighted by Crippen LogP contribution is 2.41. The Hall–Kier alpha value is -2.83. The van der Waals surface area contributed by atoms with Gasteiger partial charge in [0.25, 0.3) is 5.91 Å². The van der Waals surface area contributed by atoms with E-state index < -0.39 is 0 Å². The van der Waals surface area contributed by atoms with Crippen molar-refractivity contribution >= 4 is 11.8 Å². The molecule has 0 saturated carbocycles. The zero-order chi connectivity index (χ0) is 18.9. The van der Waals surface area contributed by atoms with Crippen LogP contribution in [0.25, 0.3) is 11.5 Å². The molecule has 0 N–H and O–H groups in total. The molecule has 2 aliphatic rings. The molecule has 2 aromatic heterocycles. The molecule has 2 aliphatic heterocycles. The molecule has 7 heteroatoms. The first-order valence-corrected chi connectivity index (χ1v) is 9.41. The fourth-order valence-corrected chi connectivity index (χ4v) is 4.04. The molecule has 0 bridgehead atoms. The largest absolute Gasteiger partial charge is 0.342 e. The van der Waals surface area contributed by atoms with Gasteiger partial charge < -0.3 is 9.80 Å². The number of piperidine rings is 1. The predicted octanol–water partition coefficient (Wildman–Crippen LogP) is 2.01. The Kier molecular flexibility index (Phi) is 4.59. The Bertz CT molecular complexity index is 829. The Balaban J connectivity index is 1.40. The molecule has 0 aromatic carbocycles. The summed E-state index contributed by atoms with van der Waals surface area (Å²) in [6.07, 6.45) is 7.19. The third-order valence-corrected chi connectivity index (χ3v) is 5.69. The first-order valence-electron chi connectivity index (χ1n) is 9.41. The lowest BCUT2D eigenvalue weighted by atomic mass is 9.77. The third kappa shape index (κ3) is 3.41. The number of hydrogen-bond acceptors (Lipinski definition) is 5. The average molecular weight is 365 g/mol. The van der Waals surface area contributed by atoms with Crippen molar-refractivity contribution in [3.63, 3.8) is 0 Å². The minimum atomic E-state index is -0.0471. The molecule has 2 amide bonds. The zero-order valence-corrected chi connectivity index (χ0v) is 15.5. The quantitative estimate of drug-likeness (QED) is 0.831. The van der Waals surface area contributed by atoms with E-state index in [1.165, 1.54) is 0 Å². The number of amides is 2. The zero-order valence-electron chi connectivity index (χ0n) is 15.5. The van der Waals surface area contributed by atoms with Crippen LogP contribution in [-0.2, 0) is 4.79 Å². The Morgan fingerprint density at radius 3 is 2.48 bits per heavy atom. The van der Waals surface area contributed by atoms with E-state index in [1.54, 1.807) is 18.6 Å². The van der Waals surface area contributed by atoms with E-state index in [0.717, 1.165) is 25.9 Å². The molecule has 0 unspecified atom stereocenters. The van der Waals surface area contributed by atoms with E-state index in [4.69, 9.17) is 0 Å². The van der Waals surface area contributed by atoms with Crippen LogP contribution in [-0.4, -0.2) is 62.7 Å². The van der Waals surface area contributed by atoms with E-state index in [9.17, 15) is 9.59 Å². The summed E-state index contributed by atoms with van der Waals surface area (Å²) in [6.45, 7) is 4.96. The van der Waals surface area contributed by atoms with Gasteiger partial charge in [-0.15, -0.1) is 0 Å². The highest BCUT2D eigenvalue weighted by atomic mass is 16.2. The van der Waals surface area contributed by atoms with Crippen molar-refractivity contribution in [3.05, 3.63) is 42.4 Å². The maximum Gasteiger partial charge on any atom is 0.256 e. The molecule has 27 heavy (non-hydrogen) atoms. The van der Waals surface area contributed by atoms with E-state index in [0.29, 0.717) is 36.6 Å². The Labute approximate surface area is 158 Å². The van der Waals surface area contributed by atoms with Gasteiger partial charge in [-0.05, 0) is 31.9 Å². The van der Waals surface area contributed by atoms with Crippen molar-refractivity contribution in [1.82, 2.24) is 24.8 Å². The van der Waals surface area contributed by atoms with Gasteiger partial charge in [0.15, 0.2) is 5.82 Å². The van der Waals surface area contributed by atoms with Gasteiger partial charge in [0, 0.05) is 56.6 Å². The smallest absolute Gasteiger partial charge is 0.256 e. The van der Waals surface area contributed by atoms with Crippen LogP contribution >= 0.6 is 0 Å². The van der Waals surface area contributed by atoms with Crippen LogP contribution in [0.15, 0.2) is 36.8 Å². The molecule has 0 aliphatic carbocycles. The Morgan fingerprint density at radius 1 is 1.15 bits per heavy atom. The summed E-state index contributed by atoms with van der Waals surface area (Å²) < 4.78 is 0. The molecular formula is C20H23N5O2. The first kappa shape index (κ1) is 17.6. The summed E-state index contributed by atoms with van der Waals surface area (Å²) in [5.74, 6) is 0.707. The number of carbonyl (C=O) groups excluding carboxylic acids is 2. The minimum absolute atomic E-state index is 0.0449. The molecular weight excluding hydrogens is 342 g/mol. The summed E-state index contributed by atoms with van der Waals surface area (Å²) >= 11 is 0. The highest BCUT2D eigenvalue weighted by Gasteiger charge is 2.44. The minimum Gasteiger partial charge on any atom is -0.342 e. The van der Waals surface area contributed by atoms with Gasteiger partial charge in [-0.25, -0.2) is 9.97 Å². The number of aromatic nitrogens is 3. The summed E-state index contributed by atoms with van der Waals surface area (Å²) in [5.41, 5.74) is 1.22. The Morgan fingerprint density at radius 2 is 1.89 bits per heavy atom. The van der Waals surface area contributed by atoms with E-state index >= 15 is 0 Å². The molecule has 2 aromatic rings. The highest BCUT2D eigenvalue weighted by molar-refractivity contribution is 5.93. The standard InChI is InChI=1S/C20H23N5O2/c1-2-24-14-20(11-17(24)26)6-9-25(10-7-20)19(27)15-12-22-18(23-13-15)16-5-3-4-8-21-16/h3-5,8,12-13H,2,6-7,9-11,14H2,1H3. The molecule has 140 valence electrons. The van der Waals surface area contributed by atoms with Crippen molar-refractivity contribution in [2.75, 3.05) is 26.2 Å². The molecule has 2 saturated heterocycles. The second kappa shape index (κ2) is 7.06. The van der Waals surface area contributed by atoms with Crippen molar-refractivity contribution in [2.45, 2.75) is 26.2 Å². The lowest BCUT2D eigenvalue weighted by Crippen LogP contribution is -2.44. The van der Waals surface area contributed by atoms with Gasteiger partial charge in [0.2, 0.25) is 5.91 Å². The summed E-state index contributed by atoms with van der Waals surface area (Å²) in [6, 6.07) is 5.55. The van der Waals surface area contributed by atoms with E-state index in [-0.39, 0.29) is 17.2 Å². The molecule has 1 spiro atoms. The van der Waals surface area contributed by atoms with Crippen LogP contribution in [0, 0.1) is 5.41 Å². The fourth-order valence-electron chi connectivity index (χ4n) is 4.04. The van der Waals surface area contributed by atoms with E-state index in [2.05, 4.69) is 15.0 Å². The molecule has 4 heterocycles. The molecule has 7 nitrogen and oxygen atoms in total. The lowest BCUT2D eigenvalue weighted by Gasteiger charge is -2.38. The number of pyridine rings is 1. The van der Waals surface area contributed by atoms with Gasteiger partial charge in [0.05, 0.1) is 5.56 Å². The van der Waals surface area contributed by atoms with Crippen molar-refractivity contribution in [1.29, 1.82) is 0 Å². The molecule has 0 radical (unpaired) electrons. The average Bonchev–Trinajstić information content (AvgIpc) is 3.04. The fraction of sp³-hybridized carbons (Fsp3) is 0.450. The summed E-state index contributed by atoms with van der Waals surface area (Å²) in [4.78, 5) is 41.5. The maximum atomic E-state index is 12.8. The monoisotopic (exact) mass is 365 g/mol. The van der Waals surface area contributed by atoms with Crippen LogP contribution in [0.2, 0.25) is 0 Å². The second-order valence-electron chi connectivity index (χ2n) is 7.39. The van der Waals surface area contributed by atoms with Gasteiger partial charge in [-0.1, -0.05) is 6.07 Å². The van der Waals surface area contributed by atoms with Gasteiger partial charge in [-0.3, -0.25) is 14.6 Å². The first-order chi connectivity index (χ1) is 13.1. The van der Waals surface area contributed by atoms with Crippen LogP contribution in [0.4, 0.5) is 0 Å². The number of likely N-dealkylation sites (tertiary alicyclic amines) is 2. The number of carbonyl (C=O) groups is 2. The maximum absolute atomic E-state index is 12.8. The predicted molar refractivity (Wildman–Crippen MR) is 99.7 cm³/mol. The van der Waals surface area contributed by atoms with E-state index in [1.807, 2.05) is 34.9 Å². The normalized spacial score (nSPS) is 18.9. The molecule has 4 rings (SSSR count). The van der Waals surface area contributed by atoms with Gasteiger partial charge in [0.1, 0.15) is 5.69 Å². The third-order valence-electron chi connectivity index (χ3n) is 5.69. The number of rotatable bonds is 3. The van der Waals surface area contributed by atoms with Crippen LogP contribution < -0.4 is 0 Å². The summed E-state index contributed by atoms with van der Waals surface area (Å²) in [7, 11) is 0. The number of hydrogen-bond donors (Lipinski definition) is 0.